The standard InChI is InChI=1S/C26H23N2O6PS/c1-16-7-12-23(17(2)13-16)35(33,34-3)27-22-15-24(36-25(22)26(29)30)19-10-8-18(9-11-19)20-5-4-6-21(14-20)28(31)32/h4-15H,1-3H3,(H,27,33)(H,29,30). The van der Waals surface area contributed by atoms with Crippen LogP contribution in [0.3, 0.4) is 0 Å². The second kappa shape index (κ2) is 10.1. The van der Waals surface area contributed by atoms with Gasteiger partial charge in [-0.2, -0.15) is 0 Å². The van der Waals surface area contributed by atoms with Crippen LogP contribution in [0.4, 0.5) is 11.4 Å². The first kappa shape index (κ1) is 25.3. The SMILES string of the molecule is COP(=O)(Nc1cc(-c2ccc(-c3cccc([N+](=O)[O-])c3)cc2)sc1C(=O)O)c1ccc(C)cc1C. The molecule has 184 valence electrons. The summed E-state index contributed by atoms with van der Waals surface area (Å²) in [5.41, 5.74) is 4.23. The summed E-state index contributed by atoms with van der Waals surface area (Å²) in [5.74, 6) is -1.15. The fraction of sp³-hybridized carbons (Fsp3) is 0.115. The number of nitrogens with one attached hydrogen (secondary N) is 1. The van der Waals surface area contributed by atoms with E-state index in [-0.39, 0.29) is 16.3 Å². The number of anilines is 1. The Kier molecular flexibility index (Phi) is 7.08. The molecule has 0 aliphatic heterocycles. The summed E-state index contributed by atoms with van der Waals surface area (Å²) < 4.78 is 19.1. The van der Waals surface area contributed by atoms with Crippen LogP contribution in [0.5, 0.6) is 0 Å². The van der Waals surface area contributed by atoms with Crippen LogP contribution in [0, 0.1) is 24.0 Å². The van der Waals surface area contributed by atoms with E-state index < -0.39 is 18.4 Å². The van der Waals surface area contributed by atoms with Gasteiger partial charge in [-0.15, -0.1) is 11.3 Å². The number of carboxylic acid groups (broad SMARTS) is 1. The maximum Gasteiger partial charge on any atom is 0.348 e. The Hall–Kier alpha value is -3.78. The highest BCUT2D eigenvalue weighted by Crippen LogP contribution is 2.48. The first-order chi connectivity index (χ1) is 17.1. The number of aromatic carboxylic acids is 1. The molecular formula is C26H23N2O6PS. The van der Waals surface area contributed by atoms with Crippen LogP contribution in [0.15, 0.2) is 72.8 Å². The van der Waals surface area contributed by atoms with Gasteiger partial charge in [-0.1, -0.05) is 54.1 Å². The van der Waals surface area contributed by atoms with E-state index in [1.54, 1.807) is 24.3 Å². The summed E-state index contributed by atoms with van der Waals surface area (Å²) in [6.07, 6.45) is 0. The number of thiophene rings is 1. The molecule has 2 N–H and O–H groups in total. The topological polar surface area (TPSA) is 119 Å². The summed E-state index contributed by atoms with van der Waals surface area (Å²) in [7, 11) is -2.27. The van der Waals surface area contributed by atoms with Crippen molar-refractivity contribution in [2.24, 2.45) is 0 Å². The third-order valence-electron chi connectivity index (χ3n) is 5.68. The molecule has 4 aromatic rings. The van der Waals surface area contributed by atoms with Crippen molar-refractivity contribution in [2.45, 2.75) is 13.8 Å². The predicted molar refractivity (Wildman–Crippen MR) is 143 cm³/mol. The molecule has 0 saturated carbocycles. The molecule has 1 unspecified atom stereocenters. The number of hydrogen-bond donors (Lipinski definition) is 2. The molecular weight excluding hydrogens is 499 g/mol. The van der Waals surface area contributed by atoms with Gasteiger partial charge in [0.1, 0.15) is 4.88 Å². The number of benzene rings is 3. The minimum atomic E-state index is -3.60. The minimum Gasteiger partial charge on any atom is -0.477 e. The number of non-ortho nitro benzene ring substituents is 1. The van der Waals surface area contributed by atoms with Gasteiger partial charge in [-0.05, 0) is 48.2 Å². The number of rotatable bonds is 8. The third-order valence-corrected chi connectivity index (χ3v) is 9.04. The largest absolute Gasteiger partial charge is 0.477 e. The summed E-state index contributed by atoms with van der Waals surface area (Å²) in [4.78, 5) is 23.3. The molecule has 0 fully saturated rings. The van der Waals surface area contributed by atoms with E-state index in [0.717, 1.165) is 33.6 Å². The first-order valence-electron chi connectivity index (χ1n) is 10.9. The van der Waals surface area contributed by atoms with Crippen molar-refractivity contribution in [1.82, 2.24) is 0 Å². The van der Waals surface area contributed by atoms with Crippen LogP contribution < -0.4 is 10.4 Å². The Morgan fingerprint density at radius 2 is 1.69 bits per heavy atom. The van der Waals surface area contributed by atoms with E-state index in [4.69, 9.17) is 4.52 Å². The van der Waals surface area contributed by atoms with Crippen molar-refractivity contribution in [3.05, 3.63) is 98.9 Å². The number of carboxylic acids is 1. The zero-order valence-corrected chi connectivity index (χ0v) is 21.4. The van der Waals surface area contributed by atoms with Crippen LogP contribution in [0.25, 0.3) is 21.6 Å². The van der Waals surface area contributed by atoms with E-state index in [9.17, 15) is 24.6 Å². The lowest BCUT2D eigenvalue weighted by Gasteiger charge is -2.20. The van der Waals surface area contributed by atoms with Gasteiger partial charge < -0.3 is 14.7 Å². The van der Waals surface area contributed by atoms with Crippen LogP contribution in [-0.4, -0.2) is 23.1 Å². The lowest BCUT2D eigenvalue weighted by Crippen LogP contribution is -2.17. The van der Waals surface area contributed by atoms with E-state index in [1.165, 1.54) is 19.2 Å². The lowest BCUT2D eigenvalue weighted by atomic mass is 10.0. The molecule has 4 rings (SSSR count). The number of nitrogens with zero attached hydrogens (tertiary/aromatic N) is 1. The molecule has 8 nitrogen and oxygen atoms in total. The smallest absolute Gasteiger partial charge is 0.348 e. The fourth-order valence-corrected chi connectivity index (χ4v) is 6.63. The minimum absolute atomic E-state index is 0.00281. The van der Waals surface area contributed by atoms with Crippen LogP contribution in [0.2, 0.25) is 0 Å². The maximum absolute atomic E-state index is 13.7. The number of nitro groups is 1. The van der Waals surface area contributed by atoms with Crippen LogP contribution in [0.1, 0.15) is 20.8 Å². The van der Waals surface area contributed by atoms with Gasteiger partial charge in [0, 0.05) is 24.1 Å². The highest BCUT2D eigenvalue weighted by atomic mass is 32.1. The molecule has 1 heterocycles. The first-order valence-corrected chi connectivity index (χ1v) is 13.3. The van der Waals surface area contributed by atoms with E-state index in [0.29, 0.717) is 15.7 Å². The summed E-state index contributed by atoms with van der Waals surface area (Å²) in [5, 5.41) is 24.2. The summed E-state index contributed by atoms with van der Waals surface area (Å²) in [6, 6.07) is 20.7. The van der Waals surface area contributed by atoms with Gasteiger partial charge in [0.2, 0.25) is 0 Å². The molecule has 3 aromatic carbocycles. The lowest BCUT2D eigenvalue weighted by molar-refractivity contribution is -0.384. The van der Waals surface area contributed by atoms with E-state index in [1.807, 2.05) is 50.2 Å². The van der Waals surface area contributed by atoms with Crippen molar-refractivity contribution in [3.63, 3.8) is 0 Å². The maximum atomic E-state index is 13.7. The zero-order valence-electron chi connectivity index (χ0n) is 19.7. The van der Waals surface area contributed by atoms with E-state index in [2.05, 4.69) is 5.09 Å². The van der Waals surface area contributed by atoms with Crippen molar-refractivity contribution in [1.29, 1.82) is 0 Å². The van der Waals surface area contributed by atoms with Gasteiger partial charge in [0.05, 0.1) is 15.9 Å². The van der Waals surface area contributed by atoms with Gasteiger partial charge in [-0.25, -0.2) is 4.79 Å². The van der Waals surface area contributed by atoms with Gasteiger partial charge in [0.15, 0.2) is 0 Å². The Balaban J connectivity index is 1.68. The second-order valence-electron chi connectivity index (χ2n) is 8.18. The highest BCUT2D eigenvalue weighted by Gasteiger charge is 2.30. The molecule has 1 atom stereocenters. The molecule has 0 bridgehead atoms. The van der Waals surface area contributed by atoms with Crippen molar-refractivity contribution >= 4 is 41.5 Å². The van der Waals surface area contributed by atoms with Gasteiger partial charge >= 0.3 is 13.5 Å². The van der Waals surface area contributed by atoms with Crippen molar-refractivity contribution < 1.29 is 23.9 Å². The molecule has 0 radical (unpaired) electrons. The summed E-state index contributed by atoms with van der Waals surface area (Å²) >= 11 is 1.05. The fourth-order valence-electron chi connectivity index (χ4n) is 3.90. The molecule has 10 heteroatoms. The number of nitro benzene ring substituents is 1. The molecule has 0 aliphatic carbocycles. The normalized spacial score (nSPS) is 12.6. The second-order valence-corrected chi connectivity index (χ2v) is 11.4. The van der Waals surface area contributed by atoms with Gasteiger partial charge in [0.25, 0.3) is 5.69 Å². The van der Waals surface area contributed by atoms with Gasteiger partial charge in [-0.3, -0.25) is 14.7 Å². The monoisotopic (exact) mass is 522 g/mol. The van der Waals surface area contributed by atoms with E-state index >= 15 is 0 Å². The molecule has 0 spiro atoms. The quantitative estimate of drug-likeness (QED) is 0.147. The zero-order chi connectivity index (χ0) is 26.0. The number of aryl methyl sites for hydroxylation is 2. The Labute approximate surface area is 211 Å². The summed E-state index contributed by atoms with van der Waals surface area (Å²) in [6.45, 7) is 3.76. The third kappa shape index (κ3) is 5.09. The average molecular weight is 523 g/mol. The number of hydrogen-bond acceptors (Lipinski definition) is 6. The Bertz CT molecular complexity index is 1510. The van der Waals surface area contributed by atoms with Crippen LogP contribution >= 0.6 is 18.9 Å². The number of carbonyl (C=O) groups is 1. The molecule has 1 aromatic heterocycles. The predicted octanol–water partition coefficient (Wildman–Crippen LogP) is 6.88. The molecule has 0 saturated heterocycles. The molecule has 0 amide bonds. The Morgan fingerprint density at radius 3 is 2.31 bits per heavy atom. The average Bonchev–Trinajstić information content (AvgIpc) is 3.28. The Morgan fingerprint density at radius 1 is 1.00 bits per heavy atom. The van der Waals surface area contributed by atoms with Crippen molar-refractivity contribution in [2.75, 3.05) is 12.2 Å². The van der Waals surface area contributed by atoms with Crippen molar-refractivity contribution in [3.8, 4) is 21.6 Å². The molecule has 36 heavy (non-hydrogen) atoms. The van der Waals surface area contributed by atoms with Crippen LogP contribution in [-0.2, 0) is 9.09 Å². The highest BCUT2D eigenvalue weighted by molar-refractivity contribution is 7.68. The molecule has 0 aliphatic rings.